The number of aryl methyl sites for hydroxylation is 2. The third-order valence-corrected chi connectivity index (χ3v) is 3.95. The number of aromatic nitrogens is 1. The highest BCUT2D eigenvalue weighted by atomic mass is 16.5. The van der Waals surface area contributed by atoms with Gasteiger partial charge in [0.05, 0.1) is 7.11 Å². The highest BCUT2D eigenvalue weighted by molar-refractivity contribution is 6.08. The van der Waals surface area contributed by atoms with E-state index in [0.717, 1.165) is 36.1 Å². The molecule has 1 aliphatic carbocycles. The number of anilines is 1. The minimum absolute atomic E-state index is 0.242. The predicted octanol–water partition coefficient (Wildman–Crippen LogP) is 2.85. The number of aromatic amines is 1. The topological polar surface area (TPSA) is 71.2 Å². The van der Waals surface area contributed by atoms with Gasteiger partial charge >= 0.3 is 5.97 Å². The summed E-state index contributed by atoms with van der Waals surface area (Å²) in [5, 5.41) is 2.80. The molecule has 22 heavy (non-hydrogen) atoms. The number of hydrogen-bond donors (Lipinski definition) is 2. The first kappa shape index (κ1) is 14.4. The van der Waals surface area contributed by atoms with Crippen LogP contribution in [-0.2, 0) is 17.6 Å². The lowest BCUT2D eigenvalue weighted by Crippen LogP contribution is -2.15. The van der Waals surface area contributed by atoms with Crippen molar-refractivity contribution in [1.29, 1.82) is 0 Å². The molecule has 1 aromatic heterocycles. The van der Waals surface area contributed by atoms with Crippen molar-refractivity contribution in [3.05, 3.63) is 52.2 Å². The van der Waals surface area contributed by atoms with Crippen molar-refractivity contribution >= 4 is 17.7 Å². The third-order valence-electron chi connectivity index (χ3n) is 3.95. The molecule has 1 aliphatic rings. The number of carbonyl (C=O) groups excluding carboxylic acids is 2. The predicted molar refractivity (Wildman–Crippen MR) is 83.3 cm³/mol. The monoisotopic (exact) mass is 298 g/mol. The maximum Gasteiger partial charge on any atom is 0.341 e. The van der Waals surface area contributed by atoms with E-state index in [1.807, 2.05) is 25.1 Å². The minimum atomic E-state index is -0.418. The van der Waals surface area contributed by atoms with Crippen molar-refractivity contribution in [1.82, 2.24) is 4.98 Å². The number of carbonyl (C=O) groups is 2. The molecule has 3 rings (SSSR count). The summed E-state index contributed by atoms with van der Waals surface area (Å²) in [5.41, 5.74) is 4.00. The fraction of sp³-hybridized carbons (Fsp3) is 0.294. The average molecular weight is 298 g/mol. The van der Waals surface area contributed by atoms with Crippen LogP contribution < -0.4 is 5.32 Å². The summed E-state index contributed by atoms with van der Waals surface area (Å²) >= 11 is 0. The Hall–Kier alpha value is -2.56. The van der Waals surface area contributed by atoms with Crippen LogP contribution >= 0.6 is 0 Å². The van der Waals surface area contributed by atoms with Gasteiger partial charge in [-0.05, 0) is 43.9 Å². The molecule has 1 amide bonds. The highest BCUT2D eigenvalue weighted by Gasteiger charge is 2.27. The molecule has 0 saturated heterocycles. The van der Waals surface area contributed by atoms with Gasteiger partial charge in [-0.1, -0.05) is 17.7 Å². The summed E-state index contributed by atoms with van der Waals surface area (Å²) in [7, 11) is 1.35. The number of ether oxygens (including phenoxy) is 1. The second-order valence-corrected chi connectivity index (χ2v) is 5.50. The Morgan fingerprint density at radius 1 is 1.27 bits per heavy atom. The Kier molecular flexibility index (Phi) is 3.71. The largest absolute Gasteiger partial charge is 0.465 e. The van der Waals surface area contributed by atoms with E-state index in [2.05, 4.69) is 10.3 Å². The van der Waals surface area contributed by atoms with Gasteiger partial charge in [-0.3, -0.25) is 4.79 Å². The second-order valence-electron chi connectivity index (χ2n) is 5.50. The van der Waals surface area contributed by atoms with Gasteiger partial charge in [0.1, 0.15) is 11.4 Å². The van der Waals surface area contributed by atoms with Crippen LogP contribution in [0.5, 0.6) is 0 Å². The van der Waals surface area contributed by atoms with Crippen LogP contribution in [0.15, 0.2) is 24.3 Å². The van der Waals surface area contributed by atoms with Gasteiger partial charge in [0.15, 0.2) is 0 Å². The van der Waals surface area contributed by atoms with Gasteiger partial charge in [-0.2, -0.15) is 0 Å². The Morgan fingerprint density at radius 3 is 2.82 bits per heavy atom. The molecule has 0 bridgehead atoms. The molecule has 5 nitrogen and oxygen atoms in total. The molecule has 0 spiro atoms. The maximum absolute atomic E-state index is 12.4. The number of benzene rings is 1. The lowest BCUT2D eigenvalue weighted by molar-refractivity contribution is 0.0601. The number of rotatable bonds is 3. The Balaban J connectivity index is 1.92. The summed E-state index contributed by atoms with van der Waals surface area (Å²) in [6, 6.07) is 7.32. The summed E-state index contributed by atoms with van der Waals surface area (Å²) in [6.45, 7) is 1.93. The molecule has 2 N–H and O–H groups in total. The SMILES string of the molecule is COC(=O)c1c(NC(=O)c2cccc(C)c2)[nH]c2c1CCC2. The summed E-state index contributed by atoms with van der Waals surface area (Å²) in [5.74, 6) is -0.226. The molecule has 2 aromatic rings. The number of nitrogens with one attached hydrogen (secondary N) is 2. The van der Waals surface area contributed by atoms with E-state index in [-0.39, 0.29) is 5.91 Å². The highest BCUT2D eigenvalue weighted by Crippen LogP contribution is 2.31. The van der Waals surface area contributed by atoms with Crippen LogP contribution in [0.25, 0.3) is 0 Å². The zero-order valence-electron chi connectivity index (χ0n) is 12.7. The van der Waals surface area contributed by atoms with Crippen LogP contribution in [0.2, 0.25) is 0 Å². The van der Waals surface area contributed by atoms with Gasteiger partial charge in [-0.25, -0.2) is 4.79 Å². The zero-order chi connectivity index (χ0) is 15.7. The van der Waals surface area contributed by atoms with E-state index in [9.17, 15) is 9.59 Å². The summed E-state index contributed by atoms with van der Waals surface area (Å²) in [4.78, 5) is 27.6. The number of hydrogen-bond acceptors (Lipinski definition) is 3. The van der Waals surface area contributed by atoms with Crippen LogP contribution in [0.1, 0.15) is 44.0 Å². The minimum Gasteiger partial charge on any atom is -0.465 e. The molecule has 0 aliphatic heterocycles. The first-order chi connectivity index (χ1) is 10.6. The smallest absolute Gasteiger partial charge is 0.341 e. The second kappa shape index (κ2) is 5.67. The molecule has 5 heteroatoms. The fourth-order valence-electron chi connectivity index (χ4n) is 2.91. The van der Waals surface area contributed by atoms with Crippen molar-refractivity contribution in [3.63, 3.8) is 0 Å². The van der Waals surface area contributed by atoms with Crippen molar-refractivity contribution in [2.75, 3.05) is 12.4 Å². The van der Waals surface area contributed by atoms with Crippen LogP contribution in [-0.4, -0.2) is 24.0 Å². The molecule has 0 atom stereocenters. The fourth-order valence-corrected chi connectivity index (χ4v) is 2.91. The van der Waals surface area contributed by atoms with E-state index in [1.165, 1.54) is 7.11 Å². The Morgan fingerprint density at radius 2 is 2.09 bits per heavy atom. The maximum atomic E-state index is 12.4. The van der Waals surface area contributed by atoms with Gasteiger partial charge < -0.3 is 15.0 Å². The van der Waals surface area contributed by atoms with Crippen molar-refractivity contribution < 1.29 is 14.3 Å². The van der Waals surface area contributed by atoms with Crippen molar-refractivity contribution in [2.45, 2.75) is 26.2 Å². The molecule has 114 valence electrons. The molecule has 1 heterocycles. The van der Waals surface area contributed by atoms with Gasteiger partial charge in [0.25, 0.3) is 5.91 Å². The quantitative estimate of drug-likeness (QED) is 0.856. The lowest BCUT2D eigenvalue weighted by Gasteiger charge is -2.07. The third kappa shape index (κ3) is 2.50. The van der Waals surface area contributed by atoms with Crippen molar-refractivity contribution in [3.8, 4) is 0 Å². The van der Waals surface area contributed by atoms with Gasteiger partial charge in [0, 0.05) is 11.3 Å². The number of amides is 1. The Labute approximate surface area is 128 Å². The number of fused-ring (bicyclic) bond motifs is 1. The number of H-pyrrole nitrogens is 1. The van der Waals surface area contributed by atoms with E-state index < -0.39 is 5.97 Å². The van der Waals surface area contributed by atoms with E-state index in [1.54, 1.807) is 6.07 Å². The summed E-state index contributed by atoms with van der Waals surface area (Å²) in [6.07, 6.45) is 2.73. The molecule has 0 unspecified atom stereocenters. The standard InChI is InChI=1S/C17H18N2O3/c1-10-5-3-6-11(9-10)16(20)19-15-14(17(21)22-2)12-7-4-8-13(12)18-15/h3,5-6,9,18H,4,7-8H2,1-2H3,(H,19,20). The number of methoxy groups -OCH3 is 1. The molecule has 0 radical (unpaired) electrons. The first-order valence-electron chi connectivity index (χ1n) is 7.30. The van der Waals surface area contributed by atoms with E-state index in [0.29, 0.717) is 16.9 Å². The zero-order valence-corrected chi connectivity index (χ0v) is 12.7. The molecule has 1 aromatic carbocycles. The van der Waals surface area contributed by atoms with E-state index in [4.69, 9.17) is 4.74 Å². The van der Waals surface area contributed by atoms with Crippen LogP contribution in [0.4, 0.5) is 5.82 Å². The number of esters is 1. The van der Waals surface area contributed by atoms with Crippen LogP contribution in [0.3, 0.4) is 0 Å². The first-order valence-corrected chi connectivity index (χ1v) is 7.30. The molecular weight excluding hydrogens is 280 g/mol. The molecule has 0 fully saturated rings. The normalized spacial score (nSPS) is 12.8. The van der Waals surface area contributed by atoms with Gasteiger partial charge in [-0.15, -0.1) is 0 Å². The molecular formula is C17H18N2O3. The average Bonchev–Trinajstić information content (AvgIpc) is 3.07. The van der Waals surface area contributed by atoms with Gasteiger partial charge in [0.2, 0.25) is 0 Å². The molecule has 0 saturated carbocycles. The van der Waals surface area contributed by atoms with Crippen LogP contribution in [0, 0.1) is 6.92 Å². The lowest BCUT2D eigenvalue weighted by atomic mass is 10.1. The summed E-state index contributed by atoms with van der Waals surface area (Å²) < 4.78 is 4.86. The Bertz CT molecular complexity index is 746. The van der Waals surface area contributed by atoms with E-state index >= 15 is 0 Å². The van der Waals surface area contributed by atoms with Crippen molar-refractivity contribution in [2.24, 2.45) is 0 Å².